The fraction of sp³-hybridized carbons (Fsp3) is 0.381. The van der Waals surface area contributed by atoms with Gasteiger partial charge < -0.3 is 10.1 Å². The maximum atomic E-state index is 12.5. The lowest BCUT2D eigenvalue weighted by Gasteiger charge is -2.14. The van der Waals surface area contributed by atoms with E-state index in [2.05, 4.69) is 10.0 Å². The number of aryl methyl sites for hydroxylation is 1. The summed E-state index contributed by atoms with van der Waals surface area (Å²) in [5.41, 5.74) is 2.15. The second kappa shape index (κ2) is 9.61. The fourth-order valence-electron chi connectivity index (χ4n) is 3.20. The Morgan fingerprint density at radius 3 is 2.48 bits per heavy atom. The molecule has 2 aromatic rings. The molecule has 1 amide bonds. The van der Waals surface area contributed by atoms with Gasteiger partial charge >= 0.3 is 0 Å². The van der Waals surface area contributed by atoms with Gasteiger partial charge in [0.1, 0.15) is 5.75 Å². The number of ether oxygens (including phenoxy) is 1. The number of nitrogens with one attached hydrogen (secondary N) is 2. The zero-order valence-corrected chi connectivity index (χ0v) is 17.9. The molecule has 156 valence electrons. The average molecular weight is 437 g/mol. The smallest absolute Gasteiger partial charge is 0.258 e. The molecule has 1 fully saturated rings. The Hall–Kier alpha value is -2.09. The minimum Gasteiger partial charge on any atom is -0.482 e. The van der Waals surface area contributed by atoms with E-state index in [4.69, 9.17) is 16.3 Å². The third-order valence-corrected chi connectivity index (χ3v) is 6.67. The average Bonchev–Trinajstić information content (AvgIpc) is 3.18. The van der Waals surface area contributed by atoms with Crippen molar-refractivity contribution in [2.45, 2.75) is 50.1 Å². The second-order valence-corrected chi connectivity index (χ2v) is 9.37. The third kappa shape index (κ3) is 6.19. The highest BCUT2D eigenvalue weighted by atomic mass is 35.5. The monoisotopic (exact) mass is 436 g/mol. The lowest BCUT2D eigenvalue weighted by molar-refractivity contribution is -0.123. The standard InChI is InChI=1S/C21H25ClN2O4S/c1-15-6-8-16(9-7-15)13-23-21(25)14-28-20-11-10-18(12-19(20)22)29(26,27)24-17-4-2-3-5-17/h6-12,17,24H,2-5,13-14H2,1H3,(H,23,25). The van der Waals surface area contributed by atoms with Gasteiger partial charge in [0.05, 0.1) is 9.92 Å². The molecule has 1 saturated carbocycles. The van der Waals surface area contributed by atoms with Crippen molar-refractivity contribution in [3.05, 3.63) is 58.6 Å². The molecular weight excluding hydrogens is 412 g/mol. The van der Waals surface area contributed by atoms with Gasteiger partial charge in [-0.15, -0.1) is 0 Å². The SMILES string of the molecule is Cc1ccc(CNC(=O)COc2ccc(S(=O)(=O)NC3CCCC3)cc2Cl)cc1. The molecule has 0 saturated heterocycles. The molecule has 0 bridgehead atoms. The van der Waals surface area contributed by atoms with Crippen LogP contribution in [0.15, 0.2) is 47.4 Å². The molecule has 0 atom stereocenters. The van der Waals surface area contributed by atoms with Crippen molar-refractivity contribution in [2.75, 3.05) is 6.61 Å². The van der Waals surface area contributed by atoms with Crippen LogP contribution in [0.25, 0.3) is 0 Å². The Morgan fingerprint density at radius 2 is 1.83 bits per heavy atom. The molecular formula is C21H25ClN2O4S. The van der Waals surface area contributed by atoms with E-state index in [9.17, 15) is 13.2 Å². The highest BCUT2D eigenvalue weighted by Crippen LogP contribution is 2.28. The van der Waals surface area contributed by atoms with E-state index in [1.165, 1.54) is 18.2 Å². The van der Waals surface area contributed by atoms with Crippen molar-refractivity contribution in [2.24, 2.45) is 0 Å². The van der Waals surface area contributed by atoms with E-state index < -0.39 is 10.0 Å². The van der Waals surface area contributed by atoms with Gasteiger partial charge in [-0.2, -0.15) is 0 Å². The minimum absolute atomic E-state index is 0.0214. The molecule has 3 rings (SSSR count). The van der Waals surface area contributed by atoms with Gasteiger partial charge in [-0.05, 0) is 43.5 Å². The van der Waals surface area contributed by atoms with Crippen molar-refractivity contribution < 1.29 is 17.9 Å². The lowest BCUT2D eigenvalue weighted by Crippen LogP contribution is -2.32. The highest BCUT2D eigenvalue weighted by Gasteiger charge is 2.23. The molecule has 0 heterocycles. The van der Waals surface area contributed by atoms with Gasteiger partial charge in [0, 0.05) is 12.6 Å². The topological polar surface area (TPSA) is 84.5 Å². The van der Waals surface area contributed by atoms with Crippen LogP contribution >= 0.6 is 11.6 Å². The minimum atomic E-state index is -3.63. The number of hydrogen-bond donors (Lipinski definition) is 2. The molecule has 2 aromatic carbocycles. The highest BCUT2D eigenvalue weighted by molar-refractivity contribution is 7.89. The summed E-state index contributed by atoms with van der Waals surface area (Å²) in [5, 5.41) is 2.92. The molecule has 0 spiro atoms. The first-order chi connectivity index (χ1) is 13.8. The quantitative estimate of drug-likeness (QED) is 0.662. The van der Waals surface area contributed by atoms with Crippen molar-refractivity contribution in [1.29, 1.82) is 0 Å². The molecule has 1 aliphatic rings. The summed E-state index contributed by atoms with van der Waals surface area (Å²) in [5.74, 6) is -0.0294. The molecule has 1 aliphatic carbocycles. The Morgan fingerprint density at radius 1 is 1.14 bits per heavy atom. The summed E-state index contributed by atoms with van der Waals surface area (Å²) in [6, 6.07) is 12.1. The maximum absolute atomic E-state index is 12.5. The predicted molar refractivity (Wildman–Crippen MR) is 113 cm³/mol. The number of halogens is 1. The van der Waals surface area contributed by atoms with Crippen LogP contribution in [-0.4, -0.2) is 27.0 Å². The summed E-state index contributed by atoms with van der Waals surface area (Å²) in [6.45, 7) is 2.19. The van der Waals surface area contributed by atoms with Crippen molar-refractivity contribution in [3.8, 4) is 5.75 Å². The van der Waals surface area contributed by atoms with Gasteiger partial charge in [0.2, 0.25) is 10.0 Å². The van der Waals surface area contributed by atoms with Gasteiger partial charge in [0.15, 0.2) is 6.61 Å². The van der Waals surface area contributed by atoms with Crippen LogP contribution in [-0.2, 0) is 21.4 Å². The summed E-state index contributed by atoms with van der Waals surface area (Å²) in [4.78, 5) is 12.1. The Balaban J connectivity index is 1.53. The number of rotatable bonds is 8. The van der Waals surface area contributed by atoms with Crippen molar-refractivity contribution >= 4 is 27.5 Å². The van der Waals surface area contributed by atoms with Crippen LogP contribution in [0.3, 0.4) is 0 Å². The van der Waals surface area contributed by atoms with Crippen LogP contribution in [0.4, 0.5) is 0 Å². The van der Waals surface area contributed by atoms with E-state index >= 15 is 0 Å². The van der Waals surface area contributed by atoms with Gasteiger partial charge in [0.25, 0.3) is 5.91 Å². The first kappa shape index (κ1) is 21.6. The van der Waals surface area contributed by atoms with Gasteiger partial charge in [-0.3, -0.25) is 4.79 Å². The van der Waals surface area contributed by atoms with E-state index in [1.807, 2.05) is 31.2 Å². The number of benzene rings is 2. The summed E-state index contributed by atoms with van der Waals surface area (Å²) in [6.07, 6.45) is 3.77. The number of sulfonamides is 1. The number of carbonyl (C=O) groups is 1. The van der Waals surface area contributed by atoms with E-state index in [0.717, 1.165) is 36.8 Å². The molecule has 8 heteroatoms. The molecule has 2 N–H and O–H groups in total. The zero-order chi connectivity index (χ0) is 20.9. The lowest BCUT2D eigenvalue weighted by atomic mass is 10.1. The Labute approximate surface area is 176 Å². The van der Waals surface area contributed by atoms with Gasteiger partial charge in [-0.1, -0.05) is 54.3 Å². The molecule has 0 aromatic heterocycles. The first-order valence-electron chi connectivity index (χ1n) is 9.60. The molecule has 0 unspecified atom stereocenters. The van der Waals surface area contributed by atoms with Crippen LogP contribution in [0.5, 0.6) is 5.75 Å². The number of carbonyl (C=O) groups excluding carboxylic acids is 1. The first-order valence-corrected chi connectivity index (χ1v) is 11.5. The van der Waals surface area contributed by atoms with Crippen LogP contribution in [0.2, 0.25) is 5.02 Å². The fourth-order valence-corrected chi connectivity index (χ4v) is 4.83. The van der Waals surface area contributed by atoms with Crippen LogP contribution < -0.4 is 14.8 Å². The maximum Gasteiger partial charge on any atom is 0.258 e. The predicted octanol–water partition coefficient (Wildman–Crippen LogP) is 3.56. The molecule has 6 nitrogen and oxygen atoms in total. The van der Waals surface area contributed by atoms with E-state index in [1.54, 1.807) is 0 Å². The largest absolute Gasteiger partial charge is 0.482 e. The van der Waals surface area contributed by atoms with E-state index in [0.29, 0.717) is 6.54 Å². The molecule has 0 aliphatic heterocycles. The molecule has 29 heavy (non-hydrogen) atoms. The number of amides is 1. The van der Waals surface area contributed by atoms with Crippen molar-refractivity contribution in [1.82, 2.24) is 10.0 Å². The number of hydrogen-bond acceptors (Lipinski definition) is 4. The van der Waals surface area contributed by atoms with Crippen LogP contribution in [0, 0.1) is 6.92 Å². The van der Waals surface area contributed by atoms with Gasteiger partial charge in [-0.25, -0.2) is 13.1 Å². The van der Waals surface area contributed by atoms with Crippen molar-refractivity contribution in [3.63, 3.8) is 0 Å². The van der Waals surface area contributed by atoms with Crippen LogP contribution in [0.1, 0.15) is 36.8 Å². The summed E-state index contributed by atoms with van der Waals surface area (Å²) >= 11 is 6.17. The molecule has 0 radical (unpaired) electrons. The Kier molecular flexibility index (Phi) is 7.16. The van der Waals surface area contributed by atoms with E-state index in [-0.39, 0.29) is 34.2 Å². The summed E-state index contributed by atoms with van der Waals surface area (Å²) < 4.78 is 33.1. The second-order valence-electron chi connectivity index (χ2n) is 7.25. The Bertz CT molecular complexity index is 955. The zero-order valence-electron chi connectivity index (χ0n) is 16.3. The third-order valence-electron chi connectivity index (χ3n) is 4.86. The summed E-state index contributed by atoms with van der Waals surface area (Å²) in [7, 11) is -3.63. The normalized spacial score (nSPS) is 14.7.